The van der Waals surface area contributed by atoms with Gasteiger partial charge in [-0.2, -0.15) is 0 Å². The summed E-state index contributed by atoms with van der Waals surface area (Å²) < 4.78 is 6.84. The Bertz CT molecular complexity index is 318. The highest BCUT2D eigenvalue weighted by Gasteiger charge is 2.20. The fraction of sp³-hybridized carbons (Fsp3) is 0.600. The summed E-state index contributed by atoms with van der Waals surface area (Å²) in [6.45, 7) is 3.94. The first kappa shape index (κ1) is 12.0. The van der Waals surface area contributed by atoms with E-state index in [9.17, 15) is 0 Å². The van der Waals surface area contributed by atoms with Crippen LogP contribution < -0.4 is 0 Å². The molecule has 2 rings (SSSR count). The standard InChI is InChI=1S/C10H13Br2NOS/c11-5-8-6-13(2-3-14-8)7-10-9(12)1-4-15-10/h1,4,8H,2-3,5-7H2. The van der Waals surface area contributed by atoms with Crippen LogP contribution in [0.2, 0.25) is 0 Å². The smallest absolute Gasteiger partial charge is 0.0799 e. The van der Waals surface area contributed by atoms with E-state index in [4.69, 9.17) is 4.74 Å². The molecular weight excluding hydrogens is 342 g/mol. The average molecular weight is 355 g/mol. The van der Waals surface area contributed by atoms with Gasteiger partial charge in [0.25, 0.3) is 0 Å². The maximum absolute atomic E-state index is 5.61. The second kappa shape index (κ2) is 5.77. The van der Waals surface area contributed by atoms with Gasteiger partial charge in [-0.3, -0.25) is 4.90 Å². The fourth-order valence-electron chi connectivity index (χ4n) is 1.66. The first-order valence-corrected chi connectivity index (χ1v) is 7.71. The van der Waals surface area contributed by atoms with Crippen molar-refractivity contribution in [3.63, 3.8) is 0 Å². The quantitative estimate of drug-likeness (QED) is 0.773. The largest absolute Gasteiger partial charge is 0.375 e. The summed E-state index contributed by atoms with van der Waals surface area (Å²) in [6, 6.07) is 2.11. The van der Waals surface area contributed by atoms with E-state index in [1.165, 1.54) is 9.35 Å². The number of ether oxygens (including phenoxy) is 1. The summed E-state index contributed by atoms with van der Waals surface area (Å²) >= 11 is 8.85. The molecule has 0 spiro atoms. The van der Waals surface area contributed by atoms with Crippen LogP contribution >= 0.6 is 43.2 Å². The number of rotatable bonds is 3. The topological polar surface area (TPSA) is 12.5 Å². The molecule has 2 nitrogen and oxygen atoms in total. The van der Waals surface area contributed by atoms with Crippen LogP contribution in [0.3, 0.4) is 0 Å². The van der Waals surface area contributed by atoms with Crippen LogP contribution in [-0.4, -0.2) is 36.0 Å². The Balaban J connectivity index is 1.92. The molecule has 0 N–H and O–H groups in total. The van der Waals surface area contributed by atoms with Crippen molar-refractivity contribution in [2.75, 3.05) is 25.0 Å². The molecular formula is C10H13Br2NOS. The summed E-state index contributed by atoms with van der Waals surface area (Å²) in [5.74, 6) is 0. The van der Waals surface area contributed by atoms with Crippen LogP contribution in [0.1, 0.15) is 4.88 Å². The molecule has 1 saturated heterocycles. The number of morpholine rings is 1. The van der Waals surface area contributed by atoms with Gasteiger partial charge in [0.1, 0.15) is 0 Å². The van der Waals surface area contributed by atoms with Crippen LogP contribution in [-0.2, 0) is 11.3 Å². The predicted molar refractivity (Wildman–Crippen MR) is 70.8 cm³/mol. The fourth-order valence-corrected chi connectivity index (χ4v) is 3.57. The van der Waals surface area contributed by atoms with E-state index in [1.54, 1.807) is 0 Å². The number of halogens is 2. The van der Waals surface area contributed by atoms with E-state index in [-0.39, 0.29) is 0 Å². The Kier molecular flexibility index (Phi) is 4.64. The number of hydrogen-bond donors (Lipinski definition) is 0. The molecule has 2 heterocycles. The molecule has 5 heteroatoms. The lowest BCUT2D eigenvalue weighted by molar-refractivity contribution is -0.0178. The zero-order chi connectivity index (χ0) is 10.7. The second-order valence-electron chi connectivity index (χ2n) is 3.57. The highest BCUT2D eigenvalue weighted by molar-refractivity contribution is 9.10. The van der Waals surface area contributed by atoms with Gasteiger partial charge in [-0.05, 0) is 27.4 Å². The third-order valence-corrected chi connectivity index (χ3v) is 5.09. The molecule has 1 aromatic rings. The van der Waals surface area contributed by atoms with Gasteiger partial charge in [-0.1, -0.05) is 15.9 Å². The third kappa shape index (κ3) is 3.27. The molecule has 0 radical (unpaired) electrons. The maximum Gasteiger partial charge on any atom is 0.0799 e. The third-order valence-electron chi connectivity index (χ3n) is 2.45. The highest BCUT2D eigenvalue weighted by Crippen LogP contribution is 2.24. The number of alkyl halides is 1. The normalized spacial score (nSPS) is 23.2. The molecule has 15 heavy (non-hydrogen) atoms. The lowest BCUT2D eigenvalue weighted by Gasteiger charge is -2.31. The summed E-state index contributed by atoms with van der Waals surface area (Å²) in [5.41, 5.74) is 0. The van der Waals surface area contributed by atoms with Gasteiger partial charge in [0.2, 0.25) is 0 Å². The zero-order valence-electron chi connectivity index (χ0n) is 8.29. The Hall–Kier alpha value is 0.580. The molecule has 0 aliphatic carbocycles. The van der Waals surface area contributed by atoms with Gasteiger partial charge in [0.15, 0.2) is 0 Å². The van der Waals surface area contributed by atoms with Crippen LogP contribution in [0, 0.1) is 0 Å². The van der Waals surface area contributed by atoms with Crippen molar-refractivity contribution in [3.05, 3.63) is 20.8 Å². The zero-order valence-corrected chi connectivity index (χ0v) is 12.3. The average Bonchev–Trinajstić information content (AvgIpc) is 2.65. The molecule has 84 valence electrons. The first-order valence-electron chi connectivity index (χ1n) is 4.91. The Morgan fingerprint density at radius 2 is 2.47 bits per heavy atom. The van der Waals surface area contributed by atoms with Crippen LogP contribution in [0.25, 0.3) is 0 Å². The Morgan fingerprint density at radius 3 is 3.13 bits per heavy atom. The number of hydrogen-bond acceptors (Lipinski definition) is 3. The first-order chi connectivity index (χ1) is 7.29. The lowest BCUT2D eigenvalue weighted by atomic mass is 10.3. The molecule has 0 saturated carbocycles. The SMILES string of the molecule is BrCC1CN(Cc2sccc2Br)CCO1. The summed E-state index contributed by atoms with van der Waals surface area (Å²) in [7, 11) is 0. The molecule has 0 bridgehead atoms. The lowest BCUT2D eigenvalue weighted by Crippen LogP contribution is -2.42. The molecule has 1 aromatic heterocycles. The van der Waals surface area contributed by atoms with Crippen molar-refractivity contribution < 1.29 is 4.74 Å². The van der Waals surface area contributed by atoms with Crippen molar-refractivity contribution in [3.8, 4) is 0 Å². The molecule has 0 aromatic carbocycles. The van der Waals surface area contributed by atoms with Gasteiger partial charge in [0.05, 0.1) is 12.7 Å². The van der Waals surface area contributed by atoms with Gasteiger partial charge in [-0.15, -0.1) is 11.3 Å². The number of thiophene rings is 1. The minimum absolute atomic E-state index is 0.345. The van der Waals surface area contributed by atoms with E-state index < -0.39 is 0 Å². The van der Waals surface area contributed by atoms with E-state index in [1.807, 2.05) is 11.3 Å². The van der Waals surface area contributed by atoms with E-state index in [0.717, 1.165) is 31.6 Å². The molecule has 1 unspecified atom stereocenters. The Labute approximate surface area is 111 Å². The van der Waals surface area contributed by atoms with E-state index in [2.05, 4.69) is 48.2 Å². The van der Waals surface area contributed by atoms with Gasteiger partial charge in [-0.25, -0.2) is 0 Å². The second-order valence-corrected chi connectivity index (χ2v) is 6.08. The van der Waals surface area contributed by atoms with Gasteiger partial charge < -0.3 is 4.74 Å². The Morgan fingerprint density at radius 1 is 1.60 bits per heavy atom. The van der Waals surface area contributed by atoms with Crippen molar-refractivity contribution in [1.82, 2.24) is 4.90 Å². The van der Waals surface area contributed by atoms with Gasteiger partial charge in [0, 0.05) is 34.3 Å². The minimum atomic E-state index is 0.345. The molecule has 1 atom stereocenters. The summed E-state index contributed by atoms with van der Waals surface area (Å²) in [4.78, 5) is 3.86. The van der Waals surface area contributed by atoms with Gasteiger partial charge >= 0.3 is 0 Å². The molecule has 1 aliphatic rings. The highest BCUT2D eigenvalue weighted by atomic mass is 79.9. The van der Waals surface area contributed by atoms with E-state index >= 15 is 0 Å². The maximum atomic E-state index is 5.61. The van der Waals surface area contributed by atoms with Crippen LogP contribution in [0.5, 0.6) is 0 Å². The molecule has 1 aliphatic heterocycles. The van der Waals surface area contributed by atoms with Crippen molar-refractivity contribution in [1.29, 1.82) is 0 Å². The molecule has 0 amide bonds. The van der Waals surface area contributed by atoms with E-state index in [0.29, 0.717) is 6.10 Å². The summed E-state index contributed by atoms with van der Waals surface area (Å²) in [6.07, 6.45) is 0.345. The van der Waals surface area contributed by atoms with Crippen LogP contribution in [0.15, 0.2) is 15.9 Å². The monoisotopic (exact) mass is 353 g/mol. The molecule has 1 fully saturated rings. The van der Waals surface area contributed by atoms with Crippen molar-refractivity contribution in [2.45, 2.75) is 12.6 Å². The van der Waals surface area contributed by atoms with Crippen molar-refractivity contribution in [2.24, 2.45) is 0 Å². The minimum Gasteiger partial charge on any atom is -0.375 e. The van der Waals surface area contributed by atoms with Crippen LogP contribution in [0.4, 0.5) is 0 Å². The number of nitrogens with zero attached hydrogens (tertiary/aromatic N) is 1. The summed E-state index contributed by atoms with van der Waals surface area (Å²) in [5, 5.41) is 3.05. The van der Waals surface area contributed by atoms with Crippen molar-refractivity contribution >= 4 is 43.2 Å². The predicted octanol–water partition coefficient (Wildman–Crippen LogP) is 3.11.